The Balaban J connectivity index is 2.80. The second kappa shape index (κ2) is 5.82. The van der Waals surface area contributed by atoms with Crippen LogP contribution in [0.3, 0.4) is 0 Å². The Kier molecular flexibility index (Phi) is 4.71. The summed E-state index contributed by atoms with van der Waals surface area (Å²) in [4.78, 5) is 10.3. The van der Waals surface area contributed by atoms with E-state index in [1.54, 1.807) is 6.07 Å². The van der Waals surface area contributed by atoms with E-state index in [2.05, 4.69) is 15.9 Å². The van der Waals surface area contributed by atoms with Crippen molar-refractivity contribution in [3.63, 3.8) is 0 Å². The van der Waals surface area contributed by atoms with Crippen molar-refractivity contribution in [2.24, 2.45) is 5.73 Å². The SMILES string of the molecule is NCCCCc1cccc([N+](=O)[O-])c1Br. The van der Waals surface area contributed by atoms with Crippen LogP contribution in [0.1, 0.15) is 18.4 Å². The highest BCUT2D eigenvalue weighted by Gasteiger charge is 2.13. The van der Waals surface area contributed by atoms with Crippen LogP contribution >= 0.6 is 15.9 Å². The fraction of sp³-hybridized carbons (Fsp3) is 0.400. The number of nitro benzene ring substituents is 1. The van der Waals surface area contributed by atoms with Gasteiger partial charge in [-0.15, -0.1) is 0 Å². The maximum atomic E-state index is 10.7. The fourth-order valence-electron chi connectivity index (χ4n) is 1.36. The molecule has 15 heavy (non-hydrogen) atoms. The van der Waals surface area contributed by atoms with Crippen molar-refractivity contribution in [1.82, 2.24) is 0 Å². The summed E-state index contributed by atoms with van der Waals surface area (Å²) in [5, 5.41) is 10.7. The first-order valence-electron chi connectivity index (χ1n) is 4.78. The third-order valence-corrected chi connectivity index (χ3v) is 3.07. The van der Waals surface area contributed by atoms with E-state index in [1.165, 1.54) is 6.07 Å². The number of unbranched alkanes of at least 4 members (excludes halogenated alkanes) is 1. The standard InChI is InChI=1S/C10H13BrN2O2/c11-10-8(4-1-2-7-12)5-3-6-9(10)13(14)15/h3,5-6H,1-2,4,7,12H2. The van der Waals surface area contributed by atoms with Gasteiger partial charge in [0.1, 0.15) is 0 Å². The van der Waals surface area contributed by atoms with Crippen LogP contribution in [0.15, 0.2) is 22.7 Å². The van der Waals surface area contributed by atoms with Gasteiger partial charge in [0.15, 0.2) is 0 Å². The molecule has 0 aliphatic heterocycles. The maximum absolute atomic E-state index is 10.7. The van der Waals surface area contributed by atoms with Gasteiger partial charge in [0.05, 0.1) is 9.40 Å². The van der Waals surface area contributed by atoms with E-state index < -0.39 is 0 Å². The van der Waals surface area contributed by atoms with Crippen LogP contribution in [-0.4, -0.2) is 11.5 Å². The normalized spacial score (nSPS) is 10.3. The minimum Gasteiger partial charge on any atom is -0.330 e. The molecule has 1 rings (SSSR count). The molecule has 82 valence electrons. The zero-order valence-corrected chi connectivity index (χ0v) is 9.87. The van der Waals surface area contributed by atoms with Crippen LogP contribution in [-0.2, 0) is 6.42 Å². The highest BCUT2D eigenvalue weighted by molar-refractivity contribution is 9.10. The highest BCUT2D eigenvalue weighted by atomic mass is 79.9. The van der Waals surface area contributed by atoms with Crippen LogP contribution in [0.25, 0.3) is 0 Å². The number of halogens is 1. The first kappa shape index (κ1) is 12.1. The van der Waals surface area contributed by atoms with Gasteiger partial charge in [-0.2, -0.15) is 0 Å². The molecule has 1 aromatic carbocycles. The Morgan fingerprint density at radius 1 is 1.40 bits per heavy atom. The van der Waals surface area contributed by atoms with Crippen LogP contribution in [0.2, 0.25) is 0 Å². The van der Waals surface area contributed by atoms with E-state index >= 15 is 0 Å². The molecule has 5 heteroatoms. The zero-order valence-electron chi connectivity index (χ0n) is 8.28. The van der Waals surface area contributed by atoms with E-state index in [0.717, 1.165) is 24.8 Å². The number of nitrogens with two attached hydrogens (primary N) is 1. The van der Waals surface area contributed by atoms with Crippen molar-refractivity contribution in [2.75, 3.05) is 6.54 Å². The van der Waals surface area contributed by atoms with E-state index in [9.17, 15) is 10.1 Å². The molecule has 0 unspecified atom stereocenters. The third-order valence-electron chi connectivity index (χ3n) is 2.16. The molecular formula is C10H13BrN2O2. The predicted molar refractivity (Wildman–Crippen MR) is 62.8 cm³/mol. The number of nitro groups is 1. The van der Waals surface area contributed by atoms with Crippen molar-refractivity contribution in [2.45, 2.75) is 19.3 Å². The average Bonchev–Trinajstić information content (AvgIpc) is 2.20. The summed E-state index contributed by atoms with van der Waals surface area (Å²) in [6.45, 7) is 0.659. The molecule has 0 saturated carbocycles. The molecule has 0 heterocycles. The zero-order chi connectivity index (χ0) is 11.3. The summed E-state index contributed by atoms with van der Waals surface area (Å²) in [7, 11) is 0. The monoisotopic (exact) mass is 272 g/mol. The molecule has 0 aromatic heterocycles. The Bertz CT molecular complexity index is 355. The van der Waals surface area contributed by atoms with Gasteiger partial charge in [0.2, 0.25) is 0 Å². The summed E-state index contributed by atoms with van der Waals surface area (Å²) < 4.78 is 0.590. The maximum Gasteiger partial charge on any atom is 0.283 e. The summed E-state index contributed by atoms with van der Waals surface area (Å²) in [5.74, 6) is 0. The molecule has 0 radical (unpaired) electrons. The lowest BCUT2D eigenvalue weighted by Crippen LogP contribution is -2.00. The molecule has 0 atom stereocenters. The molecule has 0 aliphatic rings. The quantitative estimate of drug-likeness (QED) is 0.509. The number of hydrogen-bond acceptors (Lipinski definition) is 3. The van der Waals surface area contributed by atoms with Gasteiger partial charge >= 0.3 is 0 Å². The summed E-state index contributed by atoms with van der Waals surface area (Å²) in [6, 6.07) is 5.10. The Morgan fingerprint density at radius 2 is 2.13 bits per heavy atom. The van der Waals surface area contributed by atoms with Crippen molar-refractivity contribution in [3.05, 3.63) is 38.3 Å². The first-order chi connectivity index (χ1) is 7.16. The molecule has 0 saturated heterocycles. The van der Waals surface area contributed by atoms with Crippen LogP contribution in [0.4, 0.5) is 5.69 Å². The summed E-state index contributed by atoms with van der Waals surface area (Å²) in [6.07, 6.45) is 2.71. The molecular weight excluding hydrogens is 260 g/mol. The number of aryl methyl sites for hydroxylation is 1. The van der Waals surface area contributed by atoms with Gasteiger partial charge in [0.25, 0.3) is 5.69 Å². The van der Waals surface area contributed by atoms with Crippen LogP contribution in [0.5, 0.6) is 0 Å². The lowest BCUT2D eigenvalue weighted by atomic mass is 10.1. The van der Waals surface area contributed by atoms with E-state index in [1.807, 2.05) is 6.07 Å². The molecule has 0 bridgehead atoms. The second-order valence-corrected chi connectivity index (χ2v) is 4.05. The topological polar surface area (TPSA) is 69.2 Å². The summed E-state index contributed by atoms with van der Waals surface area (Å²) in [5.41, 5.74) is 6.48. The van der Waals surface area contributed by atoms with Gasteiger partial charge < -0.3 is 5.73 Å². The van der Waals surface area contributed by atoms with Gasteiger partial charge in [0, 0.05) is 6.07 Å². The lowest BCUT2D eigenvalue weighted by Gasteiger charge is -2.04. The van der Waals surface area contributed by atoms with Crippen molar-refractivity contribution < 1.29 is 4.92 Å². The minimum atomic E-state index is -0.378. The average molecular weight is 273 g/mol. The molecule has 0 fully saturated rings. The predicted octanol–water partition coefficient (Wildman–Crippen LogP) is 2.64. The number of benzene rings is 1. The van der Waals surface area contributed by atoms with Crippen molar-refractivity contribution in [3.8, 4) is 0 Å². The Labute approximate surface area is 96.8 Å². The second-order valence-electron chi connectivity index (χ2n) is 3.25. The Morgan fingerprint density at radius 3 is 2.73 bits per heavy atom. The van der Waals surface area contributed by atoms with E-state index in [0.29, 0.717) is 11.0 Å². The first-order valence-corrected chi connectivity index (χ1v) is 5.58. The van der Waals surface area contributed by atoms with E-state index in [4.69, 9.17) is 5.73 Å². The molecule has 4 nitrogen and oxygen atoms in total. The van der Waals surface area contributed by atoms with Gasteiger partial charge in [-0.3, -0.25) is 10.1 Å². The molecule has 1 aromatic rings. The van der Waals surface area contributed by atoms with Crippen molar-refractivity contribution in [1.29, 1.82) is 0 Å². The highest BCUT2D eigenvalue weighted by Crippen LogP contribution is 2.29. The third kappa shape index (κ3) is 3.28. The minimum absolute atomic E-state index is 0.125. The Hall–Kier alpha value is -0.940. The smallest absolute Gasteiger partial charge is 0.283 e. The molecule has 0 amide bonds. The largest absolute Gasteiger partial charge is 0.330 e. The number of nitrogens with zero attached hydrogens (tertiary/aromatic N) is 1. The lowest BCUT2D eigenvalue weighted by molar-refractivity contribution is -0.385. The van der Waals surface area contributed by atoms with Crippen molar-refractivity contribution >= 4 is 21.6 Å². The van der Waals surface area contributed by atoms with Gasteiger partial charge in [-0.05, 0) is 47.3 Å². The number of hydrogen-bond donors (Lipinski definition) is 1. The van der Waals surface area contributed by atoms with E-state index in [-0.39, 0.29) is 10.6 Å². The van der Waals surface area contributed by atoms with Crippen LogP contribution in [0, 0.1) is 10.1 Å². The fourth-order valence-corrected chi connectivity index (χ4v) is 1.97. The summed E-state index contributed by atoms with van der Waals surface area (Å²) >= 11 is 3.26. The van der Waals surface area contributed by atoms with Crippen LogP contribution < -0.4 is 5.73 Å². The van der Waals surface area contributed by atoms with Gasteiger partial charge in [-0.25, -0.2) is 0 Å². The molecule has 0 spiro atoms. The van der Waals surface area contributed by atoms with Gasteiger partial charge in [-0.1, -0.05) is 12.1 Å². The molecule has 0 aliphatic carbocycles. The number of rotatable bonds is 5. The molecule has 2 N–H and O–H groups in total.